The van der Waals surface area contributed by atoms with Gasteiger partial charge in [0.15, 0.2) is 5.96 Å². The molecule has 1 aromatic carbocycles. The maximum atomic E-state index is 5.94. The van der Waals surface area contributed by atoms with Crippen LogP contribution in [0.1, 0.15) is 31.7 Å². The number of unbranched alkanes of at least 4 members (excludes halogenated alkanes) is 2. The van der Waals surface area contributed by atoms with Crippen LogP contribution in [0.4, 0.5) is 0 Å². The zero-order valence-electron chi connectivity index (χ0n) is 11.2. The SMILES string of the molecule is CCCCCNC(=NC)NCc1cccc(Cl)c1. The van der Waals surface area contributed by atoms with E-state index in [9.17, 15) is 0 Å². The summed E-state index contributed by atoms with van der Waals surface area (Å²) in [7, 11) is 1.78. The minimum Gasteiger partial charge on any atom is -0.356 e. The van der Waals surface area contributed by atoms with Gasteiger partial charge in [-0.1, -0.05) is 43.5 Å². The second-order valence-electron chi connectivity index (χ2n) is 4.19. The van der Waals surface area contributed by atoms with Crippen LogP contribution < -0.4 is 10.6 Å². The average molecular weight is 268 g/mol. The Labute approximate surface area is 115 Å². The van der Waals surface area contributed by atoms with Gasteiger partial charge in [-0.05, 0) is 24.1 Å². The van der Waals surface area contributed by atoms with Crippen LogP contribution in [-0.4, -0.2) is 19.6 Å². The van der Waals surface area contributed by atoms with Gasteiger partial charge in [0.2, 0.25) is 0 Å². The molecule has 0 heterocycles. The van der Waals surface area contributed by atoms with Crippen LogP contribution in [0.25, 0.3) is 0 Å². The van der Waals surface area contributed by atoms with Crippen LogP contribution in [-0.2, 0) is 6.54 Å². The first-order valence-electron chi connectivity index (χ1n) is 6.45. The molecular weight excluding hydrogens is 246 g/mol. The van der Waals surface area contributed by atoms with Crippen LogP contribution >= 0.6 is 11.6 Å². The first-order valence-corrected chi connectivity index (χ1v) is 6.83. The summed E-state index contributed by atoms with van der Waals surface area (Å²) in [6.45, 7) is 3.89. The topological polar surface area (TPSA) is 36.4 Å². The van der Waals surface area contributed by atoms with Gasteiger partial charge in [-0.15, -0.1) is 0 Å². The van der Waals surface area contributed by atoms with Crippen molar-refractivity contribution >= 4 is 17.6 Å². The second kappa shape index (κ2) is 8.81. The van der Waals surface area contributed by atoms with E-state index in [4.69, 9.17) is 11.6 Å². The molecule has 18 heavy (non-hydrogen) atoms. The van der Waals surface area contributed by atoms with Crippen LogP contribution in [0.3, 0.4) is 0 Å². The van der Waals surface area contributed by atoms with Crippen molar-refractivity contribution in [3.8, 4) is 0 Å². The predicted octanol–water partition coefficient (Wildman–Crippen LogP) is 3.20. The summed E-state index contributed by atoms with van der Waals surface area (Å²) < 4.78 is 0. The van der Waals surface area contributed by atoms with E-state index in [1.807, 2.05) is 24.3 Å². The maximum Gasteiger partial charge on any atom is 0.191 e. The molecule has 0 aliphatic rings. The fourth-order valence-corrected chi connectivity index (χ4v) is 1.85. The Morgan fingerprint density at radius 1 is 1.28 bits per heavy atom. The van der Waals surface area contributed by atoms with Gasteiger partial charge in [-0.3, -0.25) is 4.99 Å². The molecule has 0 bridgehead atoms. The second-order valence-corrected chi connectivity index (χ2v) is 4.63. The lowest BCUT2D eigenvalue weighted by atomic mass is 10.2. The standard InChI is InChI=1S/C14H22ClN3/c1-3-4-5-9-17-14(16-2)18-11-12-7-6-8-13(15)10-12/h6-8,10H,3-5,9,11H2,1-2H3,(H2,16,17,18). The monoisotopic (exact) mass is 267 g/mol. The Bertz CT molecular complexity index is 377. The van der Waals surface area contributed by atoms with Gasteiger partial charge in [-0.2, -0.15) is 0 Å². The summed E-state index contributed by atoms with van der Waals surface area (Å²) in [5, 5.41) is 7.33. The zero-order chi connectivity index (χ0) is 13.2. The molecule has 1 rings (SSSR count). The van der Waals surface area contributed by atoms with Gasteiger partial charge in [-0.25, -0.2) is 0 Å². The summed E-state index contributed by atoms with van der Waals surface area (Å²) in [6, 6.07) is 7.84. The quantitative estimate of drug-likeness (QED) is 0.472. The van der Waals surface area contributed by atoms with E-state index in [0.29, 0.717) is 0 Å². The number of rotatable bonds is 6. The number of aliphatic imine (C=N–C) groups is 1. The first kappa shape index (κ1) is 14.8. The molecule has 0 aliphatic carbocycles. The summed E-state index contributed by atoms with van der Waals surface area (Å²) in [5.41, 5.74) is 1.15. The number of benzene rings is 1. The van der Waals surface area contributed by atoms with E-state index in [0.717, 1.165) is 29.6 Å². The highest BCUT2D eigenvalue weighted by Gasteiger charge is 1.98. The van der Waals surface area contributed by atoms with Crippen molar-refractivity contribution in [1.29, 1.82) is 0 Å². The smallest absolute Gasteiger partial charge is 0.191 e. The number of hydrogen-bond donors (Lipinski definition) is 2. The fourth-order valence-electron chi connectivity index (χ4n) is 1.64. The Hall–Kier alpha value is -1.22. The minimum absolute atomic E-state index is 0.730. The van der Waals surface area contributed by atoms with Crippen LogP contribution in [0.15, 0.2) is 29.3 Å². The summed E-state index contributed by atoms with van der Waals surface area (Å²) in [6.07, 6.45) is 3.66. The highest BCUT2D eigenvalue weighted by atomic mass is 35.5. The predicted molar refractivity (Wildman–Crippen MR) is 79.2 cm³/mol. The van der Waals surface area contributed by atoms with Crippen molar-refractivity contribution in [2.45, 2.75) is 32.7 Å². The molecule has 0 spiro atoms. The largest absolute Gasteiger partial charge is 0.356 e. The van der Waals surface area contributed by atoms with Crippen molar-refractivity contribution in [2.24, 2.45) is 4.99 Å². The van der Waals surface area contributed by atoms with Gasteiger partial charge in [0.1, 0.15) is 0 Å². The third kappa shape index (κ3) is 5.92. The molecule has 0 aliphatic heterocycles. The summed E-state index contributed by atoms with van der Waals surface area (Å²) in [4.78, 5) is 4.18. The minimum atomic E-state index is 0.730. The van der Waals surface area contributed by atoms with Crippen molar-refractivity contribution in [3.63, 3.8) is 0 Å². The molecule has 0 saturated heterocycles. The van der Waals surface area contributed by atoms with Crippen LogP contribution in [0.5, 0.6) is 0 Å². The normalized spacial score (nSPS) is 11.4. The highest BCUT2D eigenvalue weighted by molar-refractivity contribution is 6.30. The van der Waals surface area contributed by atoms with Crippen molar-refractivity contribution in [3.05, 3.63) is 34.9 Å². The molecule has 100 valence electrons. The third-order valence-electron chi connectivity index (χ3n) is 2.65. The van der Waals surface area contributed by atoms with Crippen LogP contribution in [0, 0.1) is 0 Å². The van der Waals surface area contributed by atoms with E-state index in [1.165, 1.54) is 19.3 Å². The lowest BCUT2D eigenvalue weighted by Gasteiger charge is -2.11. The number of hydrogen-bond acceptors (Lipinski definition) is 1. The van der Waals surface area contributed by atoms with Crippen molar-refractivity contribution in [1.82, 2.24) is 10.6 Å². The van der Waals surface area contributed by atoms with Gasteiger partial charge in [0.05, 0.1) is 0 Å². The molecule has 0 aromatic heterocycles. The molecule has 4 heteroatoms. The molecule has 1 aromatic rings. The number of guanidine groups is 1. The van der Waals surface area contributed by atoms with E-state index >= 15 is 0 Å². The van der Waals surface area contributed by atoms with E-state index in [1.54, 1.807) is 7.05 Å². The molecule has 0 amide bonds. The van der Waals surface area contributed by atoms with E-state index in [-0.39, 0.29) is 0 Å². The lowest BCUT2D eigenvalue weighted by molar-refractivity contribution is 0.683. The van der Waals surface area contributed by atoms with Gasteiger partial charge in [0.25, 0.3) is 0 Å². The number of halogens is 1. The Kier molecular flexibility index (Phi) is 7.26. The third-order valence-corrected chi connectivity index (χ3v) is 2.88. The van der Waals surface area contributed by atoms with E-state index < -0.39 is 0 Å². The molecule has 2 N–H and O–H groups in total. The Balaban J connectivity index is 2.31. The van der Waals surface area contributed by atoms with Gasteiger partial charge >= 0.3 is 0 Å². The van der Waals surface area contributed by atoms with Gasteiger partial charge < -0.3 is 10.6 Å². The average Bonchev–Trinajstić information content (AvgIpc) is 2.38. The van der Waals surface area contributed by atoms with Crippen molar-refractivity contribution in [2.75, 3.05) is 13.6 Å². The molecule has 0 unspecified atom stereocenters. The number of nitrogens with one attached hydrogen (secondary N) is 2. The fraction of sp³-hybridized carbons (Fsp3) is 0.500. The molecule has 0 atom stereocenters. The molecule has 0 saturated carbocycles. The van der Waals surface area contributed by atoms with Gasteiger partial charge in [0, 0.05) is 25.2 Å². The van der Waals surface area contributed by atoms with E-state index in [2.05, 4.69) is 22.5 Å². The zero-order valence-corrected chi connectivity index (χ0v) is 11.9. The summed E-state index contributed by atoms with van der Waals surface area (Å²) in [5.74, 6) is 0.839. The van der Waals surface area contributed by atoms with Crippen LogP contribution in [0.2, 0.25) is 5.02 Å². The Morgan fingerprint density at radius 3 is 2.78 bits per heavy atom. The highest BCUT2D eigenvalue weighted by Crippen LogP contribution is 2.10. The molecular formula is C14H22ClN3. The lowest BCUT2D eigenvalue weighted by Crippen LogP contribution is -2.37. The molecule has 0 fully saturated rings. The molecule has 3 nitrogen and oxygen atoms in total. The first-order chi connectivity index (χ1) is 8.76. The maximum absolute atomic E-state index is 5.94. The number of nitrogens with zero attached hydrogens (tertiary/aromatic N) is 1. The molecule has 0 radical (unpaired) electrons. The summed E-state index contributed by atoms with van der Waals surface area (Å²) >= 11 is 5.94. The Morgan fingerprint density at radius 2 is 2.11 bits per heavy atom. The van der Waals surface area contributed by atoms with Crippen molar-refractivity contribution < 1.29 is 0 Å².